The normalized spacial score (nSPS) is 16.0. The van der Waals surface area contributed by atoms with Crippen LogP contribution in [0.25, 0.3) is 0 Å². The predicted octanol–water partition coefficient (Wildman–Crippen LogP) is 1.87. The van der Waals surface area contributed by atoms with E-state index in [0.717, 1.165) is 37.9 Å². The molecule has 5 nitrogen and oxygen atoms in total. The Labute approximate surface area is 119 Å². The average molecular weight is 297 g/mol. The number of hydrogen-bond donors (Lipinski definition) is 0. The van der Waals surface area contributed by atoms with Gasteiger partial charge in [0.05, 0.1) is 23.3 Å². The molecule has 0 N–H and O–H groups in total. The molecular formula is C14H19NO4S. The molecule has 20 heavy (non-hydrogen) atoms. The first-order valence-electron chi connectivity index (χ1n) is 6.61. The number of sulfone groups is 1. The van der Waals surface area contributed by atoms with Crippen LogP contribution in [0.5, 0.6) is 0 Å². The number of anilines is 1. The second kappa shape index (κ2) is 5.83. The number of ether oxygens (including phenoxy) is 1. The van der Waals surface area contributed by atoms with Crippen LogP contribution in [-0.4, -0.2) is 40.8 Å². The first-order valence-corrected chi connectivity index (χ1v) is 8.50. The van der Waals surface area contributed by atoms with Crippen LogP contribution in [0.4, 0.5) is 5.69 Å². The molecule has 1 aromatic rings. The highest BCUT2D eigenvalue weighted by molar-refractivity contribution is 7.90. The van der Waals surface area contributed by atoms with E-state index in [0.29, 0.717) is 5.56 Å². The Morgan fingerprint density at radius 2 is 1.85 bits per heavy atom. The molecule has 1 heterocycles. The van der Waals surface area contributed by atoms with Crippen LogP contribution in [0.1, 0.15) is 29.6 Å². The maximum absolute atomic E-state index is 11.9. The topological polar surface area (TPSA) is 63.7 Å². The minimum absolute atomic E-state index is 0.138. The number of esters is 1. The van der Waals surface area contributed by atoms with Gasteiger partial charge in [0.1, 0.15) is 0 Å². The second-order valence-electron chi connectivity index (χ2n) is 4.99. The molecule has 0 atom stereocenters. The van der Waals surface area contributed by atoms with Crippen molar-refractivity contribution in [2.45, 2.75) is 24.2 Å². The van der Waals surface area contributed by atoms with Gasteiger partial charge < -0.3 is 9.64 Å². The smallest absolute Gasteiger partial charge is 0.340 e. The summed E-state index contributed by atoms with van der Waals surface area (Å²) in [4.78, 5) is 14.2. The quantitative estimate of drug-likeness (QED) is 0.797. The van der Waals surface area contributed by atoms with Gasteiger partial charge in [-0.15, -0.1) is 0 Å². The van der Waals surface area contributed by atoms with Gasteiger partial charge in [-0.05, 0) is 37.5 Å². The molecule has 0 unspecified atom stereocenters. The average Bonchev–Trinajstić information content (AvgIpc) is 2.45. The number of methoxy groups -OCH3 is 1. The molecule has 1 saturated heterocycles. The number of nitrogens with zero attached hydrogens (tertiary/aromatic N) is 1. The molecule has 0 bridgehead atoms. The first-order chi connectivity index (χ1) is 9.43. The molecule has 110 valence electrons. The highest BCUT2D eigenvalue weighted by Gasteiger charge is 2.21. The Balaban J connectivity index is 2.47. The zero-order chi connectivity index (χ0) is 14.8. The van der Waals surface area contributed by atoms with E-state index >= 15 is 0 Å². The number of carbonyl (C=O) groups excluding carboxylic acids is 1. The van der Waals surface area contributed by atoms with Crippen molar-refractivity contribution in [3.8, 4) is 0 Å². The number of rotatable bonds is 3. The third-order valence-electron chi connectivity index (χ3n) is 3.50. The van der Waals surface area contributed by atoms with Crippen molar-refractivity contribution in [1.29, 1.82) is 0 Å². The van der Waals surface area contributed by atoms with Crippen molar-refractivity contribution in [2.24, 2.45) is 0 Å². The number of carbonyl (C=O) groups is 1. The van der Waals surface area contributed by atoms with Gasteiger partial charge in [0.15, 0.2) is 9.84 Å². The van der Waals surface area contributed by atoms with E-state index in [1.54, 1.807) is 12.1 Å². The SMILES string of the molecule is COC(=O)c1cc(S(C)(=O)=O)ccc1N1CCCCC1. The fraction of sp³-hybridized carbons (Fsp3) is 0.500. The van der Waals surface area contributed by atoms with Crippen LogP contribution < -0.4 is 4.90 Å². The minimum atomic E-state index is -3.34. The van der Waals surface area contributed by atoms with Crippen molar-refractivity contribution in [1.82, 2.24) is 0 Å². The van der Waals surface area contributed by atoms with Crippen LogP contribution in [0.2, 0.25) is 0 Å². The second-order valence-corrected chi connectivity index (χ2v) is 7.01. The summed E-state index contributed by atoms with van der Waals surface area (Å²) in [5.41, 5.74) is 1.07. The van der Waals surface area contributed by atoms with Gasteiger partial charge in [-0.3, -0.25) is 0 Å². The summed E-state index contributed by atoms with van der Waals surface area (Å²) in [6.45, 7) is 1.75. The van der Waals surface area contributed by atoms with Crippen molar-refractivity contribution in [3.63, 3.8) is 0 Å². The molecule has 0 amide bonds. The molecule has 0 aliphatic carbocycles. The van der Waals surface area contributed by atoms with Gasteiger partial charge in [0, 0.05) is 19.3 Å². The third-order valence-corrected chi connectivity index (χ3v) is 4.61. The molecular weight excluding hydrogens is 278 g/mol. The molecule has 1 aliphatic heterocycles. The Morgan fingerprint density at radius 1 is 1.20 bits per heavy atom. The fourth-order valence-electron chi connectivity index (χ4n) is 2.43. The highest BCUT2D eigenvalue weighted by Crippen LogP contribution is 2.27. The first kappa shape index (κ1) is 14.8. The minimum Gasteiger partial charge on any atom is -0.465 e. The lowest BCUT2D eigenvalue weighted by molar-refractivity contribution is 0.0601. The van der Waals surface area contributed by atoms with Crippen LogP contribution in [0.15, 0.2) is 23.1 Å². The summed E-state index contributed by atoms with van der Waals surface area (Å²) < 4.78 is 28.0. The molecule has 6 heteroatoms. The monoisotopic (exact) mass is 297 g/mol. The van der Waals surface area contributed by atoms with Crippen molar-refractivity contribution < 1.29 is 17.9 Å². The fourth-order valence-corrected chi connectivity index (χ4v) is 3.08. The summed E-state index contributed by atoms with van der Waals surface area (Å²) in [6.07, 6.45) is 4.47. The van der Waals surface area contributed by atoms with Crippen molar-refractivity contribution in [2.75, 3.05) is 31.4 Å². The van der Waals surface area contributed by atoms with E-state index in [9.17, 15) is 13.2 Å². The Morgan fingerprint density at radius 3 is 2.40 bits per heavy atom. The summed E-state index contributed by atoms with van der Waals surface area (Å²) in [5, 5.41) is 0. The predicted molar refractivity (Wildman–Crippen MR) is 77.0 cm³/mol. The summed E-state index contributed by atoms with van der Waals surface area (Å²) >= 11 is 0. The summed E-state index contributed by atoms with van der Waals surface area (Å²) in [6, 6.07) is 4.66. The molecule has 0 saturated carbocycles. The lowest BCUT2D eigenvalue weighted by atomic mass is 10.1. The summed E-state index contributed by atoms with van der Waals surface area (Å²) in [7, 11) is -2.04. The maximum Gasteiger partial charge on any atom is 0.340 e. The van der Waals surface area contributed by atoms with Gasteiger partial charge in [-0.2, -0.15) is 0 Å². The lowest BCUT2D eigenvalue weighted by Crippen LogP contribution is -2.31. The molecule has 1 fully saturated rings. The molecule has 2 rings (SSSR count). The molecule has 1 aliphatic rings. The van der Waals surface area contributed by atoms with Crippen LogP contribution in [0, 0.1) is 0 Å². The zero-order valence-corrected chi connectivity index (χ0v) is 12.6. The molecule has 0 radical (unpaired) electrons. The standard InChI is InChI=1S/C14H19NO4S/c1-19-14(16)12-10-11(20(2,17)18)6-7-13(12)15-8-4-3-5-9-15/h6-7,10H,3-5,8-9H2,1-2H3. The molecule has 0 spiro atoms. The van der Waals surface area contributed by atoms with E-state index in [-0.39, 0.29) is 4.90 Å². The third kappa shape index (κ3) is 3.12. The van der Waals surface area contributed by atoms with E-state index in [1.165, 1.54) is 19.6 Å². The van der Waals surface area contributed by atoms with Gasteiger partial charge in [-0.25, -0.2) is 13.2 Å². The van der Waals surface area contributed by atoms with E-state index in [1.807, 2.05) is 0 Å². The van der Waals surface area contributed by atoms with Gasteiger partial charge >= 0.3 is 5.97 Å². The van der Waals surface area contributed by atoms with Crippen molar-refractivity contribution >= 4 is 21.5 Å². The van der Waals surface area contributed by atoms with Gasteiger partial charge in [0.25, 0.3) is 0 Å². The Hall–Kier alpha value is -1.56. The highest BCUT2D eigenvalue weighted by atomic mass is 32.2. The van der Waals surface area contributed by atoms with Crippen LogP contribution in [0.3, 0.4) is 0 Å². The van der Waals surface area contributed by atoms with E-state index in [2.05, 4.69) is 4.90 Å². The van der Waals surface area contributed by atoms with E-state index < -0.39 is 15.8 Å². The maximum atomic E-state index is 11.9. The van der Waals surface area contributed by atoms with E-state index in [4.69, 9.17) is 4.74 Å². The van der Waals surface area contributed by atoms with Crippen LogP contribution >= 0.6 is 0 Å². The van der Waals surface area contributed by atoms with Gasteiger partial charge in [-0.1, -0.05) is 0 Å². The molecule has 1 aromatic carbocycles. The zero-order valence-electron chi connectivity index (χ0n) is 11.8. The Kier molecular flexibility index (Phi) is 4.32. The number of piperidine rings is 1. The number of hydrogen-bond acceptors (Lipinski definition) is 5. The Bertz CT molecular complexity index is 604. The summed E-state index contributed by atoms with van der Waals surface area (Å²) in [5.74, 6) is -0.504. The molecule has 0 aromatic heterocycles. The van der Waals surface area contributed by atoms with Gasteiger partial charge in [0.2, 0.25) is 0 Å². The largest absolute Gasteiger partial charge is 0.465 e. The number of benzene rings is 1. The van der Waals surface area contributed by atoms with Crippen LogP contribution in [-0.2, 0) is 14.6 Å². The lowest BCUT2D eigenvalue weighted by Gasteiger charge is -2.30. The van der Waals surface area contributed by atoms with Crippen molar-refractivity contribution in [3.05, 3.63) is 23.8 Å².